The summed E-state index contributed by atoms with van der Waals surface area (Å²) in [6.45, 7) is 5.02. The molecule has 1 aromatic heterocycles. The molecule has 0 spiro atoms. The van der Waals surface area contributed by atoms with E-state index in [9.17, 15) is 9.59 Å². The second kappa shape index (κ2) is 6.85. The number of ether oxygens (including phenoxy) is 1. The molecule has 0 aromatic carbocycles. The van der Waals surface area contributed by atoms with Crippen molar-refractivity contribution in [2.75, 3.05) is 18.5 Å². The third kappa shape index (κ3) is 3.58. The first-order valence-corrected chi connectivity index (χ1v) is 7.78. The molecule has 1 saturated heterocycles. The number of esters is 1. The lowest BCUT2D eigenvalue weighted by molar-refractivity contribution is -0.120. The number of piperidine rings is 1. The Morgan fingerprint density at radius 3 is 3.05 bits per heavy atom. The highest BCUT2D eigenvalue weighted by Crippen LogP contribution is 2.26. The summed E-state index contributed by atoms with van der Waals surface area (Å²) >= 11 is 1.35. The van der Waals surface area contributed by atoms with Gasteiger partial charge in [0.15, 0.2) is 0 Å². The topological polar surface area (TPSA) is 67.4 Å². The molecular weight excluding hydrogens is 276 g/mol. The molecule has 1 fully saturated rings. The Morgan fingerprint density at radius 1 is 1.55 bits per heavy atom. The van der Waals surface area contributed by atoms with Gasteiger partial charge in [0.05, 0.1) is 12.2 Å². The number of anilines is 1. The van der Waals surface area contributed by atoms with Crippen LogP contribution < -0.4 is 10.6 Å². The van der Waals surface area contributed by atoms with Crippen molar-refractivity contribution in [1.29, 1.82) is 0 Å². The largest absolute Gasteiger partial charge is 0.462 e. The maximum atomic E-state index is 12.3. The van der Waals surface area contributed by atoms with E-state index in [1.807, 2.05) is 0 Å². The molecule has 2 unspecified atom stereocenters. The van der Waals surface area contributed by atoms with Gasteiger partial charge < -0.3 is 15.4 Å². The van der Waals surface area contributed by atoms with Crippen LogP contribution in [0.2, 0.25) is 0 Å². The summed E-state index contributed by atoms with van der Waals surface area (Å²) < 4.78 is 4.98. The number of carbonyl (C=O) groups excluding carboxylic acids is 2. The van der Waals surface area contributed by atoms with Crippen LogP contribution in [0.4, 0.5) is 5.00 Å². The van der Waals surface area contributed by atoms with E-state index in [1.165, 1.54) is 11.3 Å². The molecule has 2 atom stereocenters. The highest BCUT2D eigenvalue weighted by molar-refractivity contribution is 7.14. The van der Waals surface area contributed by atoms with Gasteiger partial charge in [-0.3, -0.25) is 4.79 Å². The van der Waals surface area contributed by atoms with Crippen LogP contribution in [0.25, 0.3) is 0 Å². The zero-order valence-corrected chi connectivity index (χ0v) is 12.6. The number of nitrogens with one attached hydrogen (secondary N) is 2. The number of hydrogen-bond donors (Lipinski definition) is 2. The summed E-state index contributed by atoms with van der Waals surface area (Å²) in [4.78, 5) is 24.0. The average molecular weight is 296 g/mol. The predicted molar refractivity (Wildman–Crippen MR) is 79.1 cm³/mol. The van der Waals surface area contributed by atoms with Gasteiger partial charge in [0.1, 0.15) is 5.00 Å². The Labute approximate surface area is 122 Å². The molecule has 1 aliphatic heterocycles. The lowest BCUT2D eigenvalue weighted by Gasteiger charge is -2.26. The fraction of sp³-hybridized carbons (Fsp3) is 0.571. The fourth-order valence-electron chi connectivity index (χ4n) is 2.36. The van der Waals surface area contributed by atoms with Gasteiger partial charge in [0.25, 0.3) is 0 Å². The maximum Gasteiger partial charge on any atom is 0.341 e. The second-order valence-corrected chi connectivity index (χ2v) is 5.87. The summed E-state index contributed by atoms with van der Waals surface area (Å²) in [5.41, 5.74) is 0.437. The Bertz CT molecular complexity index is 487. The molecule has 2 rings (SSSR count). The highest BCUT2D eigenvalue weighted by Gasteiger charge is 2.26. The van der Waals surface area contributed by atoms with Crippen molar-refractivity contribution in [2.45, 2.75) is 32.7 Å². The predicted octanol–water partition coefficient (Wildman–Crippen LogP) is 2.25. The van der Waals surface area contributed by atoms with Gasteiger partial charge in [0.2, 0.25) is 5.91 Å². The van der Waals surface area contributed by atoms with Crippen LogP contribution in [0.15, 0.2) is 11.4 Å². The third-order valence-corrected chi connectivity index (χ3v) is 4.22. The van der Waals surface area contributed by atoms with E-state index in [-0.39, 0.29) is 17.8 Å². The van der Waals surface area contributed by atoms with E-state index in [4.69, 9.17) is 4.74 Å². The molecule has 20 heavy (non-hydrogen) atoms. The first kappa shape index (κ1) is 15.0. The van der Waals surface area contributed by atoms with Crippen molar-refractivity contribution >= 4 is 28.2 Å². The molecule has 6 heteroatoms. The van der Waals surface area contributed by atoms with Gasteiger partial charge in [-0.15, -0.1) is 11.3 Å². The average Bonchev–Trinajstić information content (AvgIpc) is 2.87. The number of carbonyl (C=O) groups is 2. The molecule has 110 valence electrons. The summed E-state index contributed by atoms with van der Waals surface area (Å²) in [7, 11) is 0. The van der Waals surface area contributed by atoms with Gasteiger partial charge in [-0.2, -0.15) is 0 Å². The number of hydrogen-bond acceptors (Lipinski definition) is 5. The molecule has 1 aliphatic rings. The molecule has 5 nitrogen and oxygen atoms in total. The second-order valence-electron chi connectivity index (χ2n) is 4.95. The van der Waals surface area contributed by atoms with E-state index < -0.39 is 0 Å². The van der Waals surface area contributed by atoms with Gasteiger partial charge in [-0.25, -0.2) is 4.79 Å². The Morgan fingerprint density at radius 2 is 2.35 bits per heavy atom. The highest BCUT2D eigenvalue weighted by atomic mass is 32.1. The standard InChI is InChI=1S/C14H20N2O3S/c1-3-19-14(18)11-5-7-20-13(11)16-12(17)10-4-6-15-9(2)8-10/h5,7,9-10,15H,3-4,6,8H2,1-2H3,(H,16,17). The monoisotopic (exact) mass is 296 g/mol. The van der Waals surface area contributed by atoms with E-state index in [0.717, 1.165) is 19.4 Å². The SMILES string of the molecule is CCOC(=O)c1ccsc1NC(=O)C1CCNC(C)C1. The maximum absolute atomic E-state index is 12.3. The van der Waals surface area contributed by atoms with Crippen LogP contribution in [0, 0.1) is 5.92 Å². The smallest absolute Gasteiger partial charge is 0.341 e. The van der Waals surface area contributed by atoms with Gasteiger partial charge in [0, 0.05) is 12.0 Å². The van der Waals surface area contributed by atoms with Crippen LogP contribution in [0.5, 0.6) is 0 Å². The van der Waals surface area contributed by atoms with Crippen LogP contribution in [0.3, 0.4) is 0 Å². The molecule has 0 saturated carbocycles. The van der Waals surface area contributed by atoms with Gasteiger partial charge >= 0.3 is 5.97 Å². The number of rotatable bonds is 4. The van der Waals surface area contributed by atoms with Crippen LogP contribution in [-0.4, -0.2) is 31.1 Å². The van der Waals surface area contributed by atoms with Crippen molar-refractivity contribution < 1.29 is 14.3 Å². The van der Waals surface area contributed by atoms with Crippen molar-refractivity contribution in [3.63, 3.8) is 0 Å². The van der Waals surface area contributed by atoms with Crippen LogP contribution >= 0.6 is 11.3 Å². The summed E-state index contributed by atoms with van der Waals surface area (Å²) in [5, 5.41) is 8.56. The van der Waals surface area contributed by atoms with E-state index in [2.05, 4.69) is 17.6 Å². The molecule has 1 aromatic rings. The first-order valence-electron chi connectivity index (χ1n) is 6.90. The normalized spacial score (nSPS) is 22.3. The zero-order chi connectivity index (χ0) is 14.5. The lowest BCUT2D eigenvalue weighted by atomic mass is 9.92. The minimum atomic E-state index is -0.386. The molecule has 1 amide bonds. The number of thiophene rings is 1. The Hall–Kier alpha value is -1.40. The van der Waals surface area contributed by atoms with Gasteiger partial charge in [-0.05, 0) is 44.7 Å². The number of amides is 1. The van der Waals surface area contributed by atoms with Crippen molar-refractivity contribution in [1.82, 2.24) is 5.32 Å². The summed E-state index contributed by atoms with van der Waals surface area (Å²) in [6, 6.07) is 2.04. The third-order valence-electron chi connectivity index (χ3n) is 3.39. The molecule has 2 heterocycles. The van der Waals surface area contributed by atoms with Crippen molar-refractivity contribution in [3.05, 3.63) is 17.0 Å². The Balaban J connectivity index is 2.01. The molecule has 2 N–H and O–H groups in total. The van der Waals surface area contributed by atoms with E-state index >= 15 is 0 Å². The molecule has 0 radical (unpaired) electrons. The summed E-state index contributed by atoms with van der Waals surface area (Å²) in [6.07, 6.45) is 1.65. The van der Waals surface area contributed by atoms with Crippen LogP contribution in [-0.2, 0) is 9.53 Å². The summed E-state index contributed by atoms with van der Waals surface area (Å²) in [5.74, 6) is -0.391. The van der Waals surface area contributed by atoms with Gasteiger partial charge in [-0.1, -0.05) is 0 Å². The molecule has 0 bridgehead atoms. The Kier molecular flexibility index (Phi) is 5.14. The van der Waals surface area contributed by atoms with Crippen molar-refractivity contribution in [3.8, 4) is 0 Å². The molecular formula is C14H20N2O3S. The minimum Gasteiger partial charge on any atom is -0.462 e. The van der Waals surface area contributed by atoms with E-state index in [0.29, 0.717) is 23.2 Å². The van der Waals surface area contributed by atoms with Crippen LogP contribution in [0.1, 0.15) is 37.0 Å². The lowest BCUT2D eigenvalue weighted by Crippen LogP contribution is -2.40. The zero-order valence-electron chi connectivity index (χ0n) is 11.8. The quantitative estimate of drug-likeness (QED) is 0.836. The molecule has 0 aliphatic carbocycles. The van der Waals surface area contributed by atoms with E-state index in [1.54, 1.807) is 18.4 Å². The van der Waals surface area contributed by atoms with Crippen molar-refractivity contribution in [2.24, 2.45) is 5.92 Å². The fourth-order valence-corrected chi connectivity index (χ4v) is 3.14. The minimum absolute atomic E-state index is 0.00314. The first-order chi connectivity index (χ1) is 9.61.